The van der Waals surface area contributed by atoms with Gasteiger partial charge in [-0.25, -0.2) is 0 Å². The lowest BCUT2D eigenvalue weighted by Gasteiger charge is -2.07. The summed E-state index contributed by atoms with van der Waals surface area (Å²) >= 11 is 6.95. The zero-order chi connectivity index (χ0) is 9.97. The first-order valence-corrected chi connectivity index (χ1v) is 6.68. The molecule has 0 N–H and O–H groups in total. The molecule has 3 heteroatoms. The average molecular weight is 320 g/mol. The van der Waals surface area contributed by atoms with Crippen LogP contribution >= 0.6 is 31.9 Å². The van der Waals surface area contributed by atoms with Crippen LogP contribution in [0.3, 0.4) is 0 Å². The lowest BCUT2D eigenvalue weighted by molar-refractivity contribution is 0.299. The van der Waals surface area contributed by atoms with Gasteiger partial charge in [-0.05, 0) is 36.5 Å². The van der Waals surface area contributed by atoms with E-state index >= 15 is 0 Å². The van der Waals surface area contributed by atoms with Gasteiger partial charge in [0.05, 0.1) is 6.61 Å². The lowest BCUT2D eigenvalue weighted by atomic mass is 10.2. The molecule has 1 aromatic rings. The van der Waals surface area contributed by atoms with Crippen LogP contribution in [-0.2, 0) is 5.33 Å². The van der Waals surface area contributed by atoms with Gasteiger partial charge in [0.15, 0.2) is 0 Å². The standard InChI is InChI=1S/C11H12Br2O/c12-6-9-3-4-10(5-11(9)13)14-7-8-1-2-8/h3-5,8H,1-2,6-7H2. The molecule has 1 fully saturated rings. The summed E-state index contributed by atoms with van der Waals surface area (Å²) in [6.45, 7) is 0.875. The highest BCUT2D eigenvalue weighted by atomic mass is 79.9. The largest absolute Gasteiger partial charge is 0.493 e. The molecule has 0 amide bonds. The first-order valence-electron chi connectivity index (χ1n) is 4.77. The Kier molecular flexibility index (Phi) is 3.50. The van der Waals surface area contributed by atoms with E-state index in [1.54, 1.807) is 0 Å². The smallest absolute Gasteiger partial charge is 0.120 e. The van der Waals surface area contributed by atoms with Crippen LogP contribution in [-0.4, -0.2) is 6.61 Å². The Morgan fingerprint density at radius 2 is 2.14 bits per heavy atom. The van der Waals surface area contributed by atoms with Crippen LogP contribution in [0.5, 0.6) is 5.75 Å². The fourth-order valence-electron chi connectivity index (χ4n) is 1.22. The summed E-state index contributed by atoms with van der Waals surface area (Å²) in [5.41, 5.74) is 1.25. The molecule has 1 saturated carbocycles. The number of ether oxygens (including phenoxy) is 1. The molecule has 0 aromatic heterocycles. The van der Waals surface area contributed by atoms with E-state index in [0.29, 0.717) is 0 Å². The molecular formula is C11H12Br2O. The van der Waals surface area contributed by atoms with E-state index in [9.17, 15) is 0 Å². The van der Waals surface area contributed by atoms with Crippen molar-refractivity contribution in [3.05, 3.63) is 28.2 Å². The topological polar surface area (TPSA) is 9.23 Å². The van der Waals surface area contributed by atoms with Gasteiger partial charge >= 0.3 is 0 Å². The minimum atomic E-state index is 0.810. The monoisotopic (exact) mass is 318 g/mol. The maximum absolute atomic E-state index is 5.66. The molecule has 0 heterocycles. The van der Waals surface area contributed by atoms with E-state index in [-0.39, 0.29) is 0 Å². The summed E-state index contributed by atoms with van der Waals surface area (Å²) in [7, 11) is 0. The van der Waals surface area contributed by atoms with Gasteiger partial charge in [-0.15, -0.1) is 0 Å². The van der Waals surface area contributed by atoms with E-state index in [4.69, 9.17) is 4.74 Å². The number of benzene rings is 1. The molecule has 1 aromatic carbocycles. The van der Waals surface area contributed by atoms with Gasteiger partial charge in [-0.1, -0.05) is 37.9 Å². The molecule has 0 atom stereocenters. The van der Waals surface area contributed by atoms with Crippen LogP contribution < -0.4 is 4.74 Å². The molecule has 1 aliphatic carbocycles. The first-order chi connectivity index (χ1) is 6.79. The third-order valence-electron chi connectivity index (χ3n) is 2.35. The Bertz CT molecular complexity index is 321. The third-order valence-corrected chi connectivity index (χ3v) is 3.69. The predicted octanol–water partition coefficient (Wildman–Crippen LogP) is 4.13. The zero-order valence-electron chi connectivity index (χ0n) is 7.80. The highest BCUT2D eigenvalue weighted by Crippen LogP contribution is 2.30. The Hall–Kier alpha value is -0.0200. The average Bonchev–Trinajstić information content (AvgIpc) is 2.98. The molecule has 0 aliphatic heterocycles. The summed E-state index contributed by atoms with van der Waals surface area (Å²) in [5, 5.41) is 0.872. The van der Waals surface area contributed by atoms with Gasteiger partial charge in [0.25, 0.3) is 0 Å². The van der Waals surface area contributed by atoms with Crippen LogP contribution in [0.15, 0.2) is 22.7 Å². The highest BCUT2D eigenvalue weighted by molar-refractivity contribution is 9.10. The zero-order valence-corrected chi connectivity index (χ0v) is 11.0. The van der Waals surface area contributed by atoms with Gasteiger partial charge in [0, 0.05) is 9.80 Å². The van der Waals surface area contributed by atoms with Gasteiger partial charge in [0.2, 0.25) is 0 Å². The minimum Gasteiger partial charge on any atom is -0.493 e. The molecule has 1 nitrogen and oxygen atoms in total. The number of hydrogen-bond donors (Lipinski definition) is 0. The molecule has 2 rings (SSSR count). The molecule has 76 valence electrons. The number of halogens is 2. The van der Waals surface area contributed by atoms with Crippen molar-refractivity contribution in [2.75, 3.05) is 6.61 Å². The van der Waals surface area contributed by atoms with Crippen molar-refractivity contribution in [2.24, 2.45) is 5.92 Å². The Morgan fingerprint density at radius 1 is 1.36 bits per heavy atom. The number of alkyl halides is 1. The van der Waals surface area contributed by atoms with Crippen LogP contribution in [0.1, 0.15) is 18.4 Å². The Morgan fingerprint density at radius 3 is 2.71 bits per heavy atom. The second kappa shape index (κ2) is 4.67. The van der Waals surface area contributed by atoms with E-state index in [0.717, 1.165) is 28.1 Å². The Balaban J connectivity index is 1.99. The van der Waals surface area contributed by atoms with Crippen LogP contribution in [0.4, 0.5) is 0 Å². The second-order valence-electron chi connectivity index (χ2n) is 3.64. The molecule has 0 spiro atoms. The van der Waals surface area contributed by atoms with Crippen molar-refractivity contribution in [3.8, 4) is 5.75 Å². The fourth-order valence-corrected chi connectivity index (χ4v) is 2.59. The highest BCUT2D eigenvalue weighted by Gasteiger charge is 2.21. The summed E-state index contributed by atoms with van der Waals surface area (Å²) in [4.78, 5) is 0. The maximum Gasteiger partial charge on any atom is 0.120 e. The molecule has 0 saturated heterocycles. The van der Waals surface area contributed by atoms with Crippen LogP contribution in [0, 0.1) is 5.92 Å². The molecule has 0 radical (unpaired) electrons. The normalized spacial score (nSPS) is 15.6. The SMILES string of the molecule is BrCc1ccc(OCC2CC2)cc1Br. The van der Waals surface area contributed by atoms with E-state index in [1.165, 1.54) is 18.4 Å². The van der Waals surface area contributed by atoms with Gasteiger partial charge in [-0.3, -0.25) is 0 Å². The number of hydrogen-bond acceptors (Lipinski definition) is 1. The van der Waals surface area contributed by atoms with Gasteiger partial charge in [-0.2, -0.15) is 0 Å². The second-order valence-corrected chi connectivity index (χ2v) is 5.06. The maximum atomic E-state index is 5.66. The van der Waals surface area contributed by atoms with Gasteiger partial charge in [0.1, 0.15) is 5.75 Å². The van der Waals surface area contributed by atoms with Crippen molar-refractivity contribution in [3.63, 3.8) is 0 Å². The van der Waals surface area contributed by atoms with Crippen molar-refractivity contribution >= 4 is 31.9 Å². The fraction of sp³-hybridized carbons (Fsp3) is 0.455. The predicted molar refractivity (Wildman–Crippen MR) is 65.0 cm³/mol. The summed E-state index contributed by atoms with van der Waals surface area (Å²) in [6.07, 6.45) is 2.67. The van der Waals surface area contributed by atoms with Crippen molar-refractivity contribution in [1.82, 2.24) is 0 Å². The number of rotatable bonds is 4. The minimum absolute atomic E-state index is 0.810. The first kappa shape index (κ1) is 10.5. The summed E-state index contributed by atoms with van der Waals surface area (Å²) < 4.78 is 6.78. The summed E-state index contributed by atoms with van der Waals surface area (Å²) in [6, 6.07) is 6.16. The van der Waals surface area contributed by atoms with Crippen molar-refractivity contribution in [1.29, 1.82) is 0 Å². The van der Waals surface area contributed by atoms with Gasteiger partial charge < -0.3 is 4.74 Å². The molecular weight excluding hydrogens is 308 g/mol. The van der Waals surface area contributed by atoms with Crippen molar-refractivity contribution in [2.45, 2.75) is 18.2 Å². The van der Waals surface area contributed by atoms with E-state index in [1.807, 2.05) is 12.1 Å². The third kappa shape index (κ3) is 2.74. The summed E-state index contributed by atoms with van der Waals surface area (Å²) in [5.74, 6) is 1.78. The quantitative estimate of drug-likeness (QED) is 0.758. The van der Waals surface area contributed by atoms with E-state index < -0.39 is 0 Å². The molecule has 1 aliphatic rings. The van der Waals surface area contributed by atoms with Crippen molar-refractivity contribution < 1.29 is 4.74 Å². The lowest BCUT2D eigenvalue weighted by Crippen LogP contribution is -1.98. The molecule has 0 unspecified atom stereocenters. The van der Waals surface area contributed by atoms with Crippen LogP contribution in [0.25, 0.3) is 0 Å². The Labute approximate surface area is 101 Å². The van der Waals surface area contributed by atoms with E-state index in [2.05, 4.69) is 37.9 Å². The van der Waals surface area contributed by atoms with Crippen LogP contribution in [0.2, 0.25) is 0 Å². The molecule has 14 heavy (non-hydrogen) atoms. The molecule has 0 bridgehead atoms.